The molecule has 2 heteroatoms. The van der Waals surface area contributed by atoms with Crippen LogP contribution in [0.2, 0.25) is 0 Å². The zero-order valence-electron chi connectivity index (χ0n) is 46.6. The topological polar surface area (TPSA) is 8.17 Å². The minimum atomic E-state index is -0.0146. The molecule has 372 valence electrons. The molecule has 0 bridgehead atoms. The molecule has 0 N–H and O–H groups in total. The summed E-state index contributed by atoms with van der Waals surface area (Å²) in [5.41, 5.74) is 18.8. The van der Waals surface area contributed by atoms with Gasteiger partial charge in [0.2, 0.25) is 0 Å². The maximum absolute atomic E-state index is 2.53. The van der Waals surface area contributed by atoms with Crippen molar-refractivity contribution in [2.24, 2.45) is 0 Å². The maximum atomic E-state index is 2.53. The lowest BCUT2D eigenvalue weighted by molar-refractivity contribution is 0.569. The number of para-hydroxylation sites is 1. The molecule has 0 saturated heterocycles. The van der Waals surface area contributed by atoms with Crippen LogP contribution in [-0.2, 0) is 27.1 Å². The van der Waals surface area contributed by atoms with E-state index in [0.29, 0.717) is 0 Å². The van der Waals surface area contributed by atoms with Crippen LogP contribution < -0.4 is 4.90 Å². The second-order valence-electron chi connectivity index (χ2n) is 26.4. The maximum Gasteiger partial charge on any atom is 0.0541 e. The zero-order valence-corrected chi connectivity index (χ0v) is 46.6. The fourth-order valence-electron chi connectivity index (χ4n) is 11.3. The second kappa shape index (κ2) is 17.2. The first-order valence-corrected chi connectivity index (χ1v) is 26.9. The van der Waals surface area contributed by atoms with Crippen molar-refractivity contribution in [3.63, 3.8) is 0 Å². The number of aromatic nitrogens is 1. The van der Waals surface area contributed by atoms with Gasteiger partial charge in [-0.15, -0.1) is 0 Å². The van der Waals surface area contributed by atoms with Crippen molar-refractivity contribution >= 4 is 71.2 Å². The fourth-order valence-corrected chi connectivity index (χ4v) is 11.3. The third-order valence-corrected chi connectivity index (χ3v) is 15.9. The lowest BCUT2D eigenvalue weighted by Crippen LogP contribution is -2.16. The van der Waals surface area contributed by atoms with E-state index in [4.69, 9.17) is 0 Å². The highest BCUT2D eigenvalue weighted by atomic mass is 15.1. The van der Waals surface area contributed by atoms with Gasteiger partial charge in [-0.1, -0.05) is 219 Å². The fraction of sp³-hybridized carbons (Fsp3) is 0.278. The van der Waals surface area contributed by atoms with Crippen LogP contribution >= 0.6 is 0 Å². The van der Waals surface area contributed by atoms with E-state index in [1.807, 2.05) is 0 Å². The average Bonchev–Trinajstić information content (AvgIpc) is 3.68. The Balaban J connectivity index is 1.12. The van der Waals surface area contributed by atoms with Gasteiger partial charge in [0.05, 0.1) is 22.4 Å². The molecule has 0 spiro atoms. The number of benzene rings is 10. The molecule has 0 radical (unpaired) electrons. The van der Waals surface area contributed by atoms with E-state index < -0.39 is 0 Å². The Morgan fingerprint density at radius 3 is 1.36 bits per heavy atom. The average molecular weight is 967 g/mol. The van der Waals surface area contributed by atoms with Gasteiger partial charge in [-0.2, -0.15) is 0 Å². The number of anilines is 3. The zero-order chi connectivity index (χ0) is 52.4. The van der Waals surface area contributed by atoms with Crippen molar-refractivity contribution < 1.29 is 0 Å². The molecule has 0 saturated carbocycles. The lowest BCUT2D eigenvalue weighted by Gasteiger charge is -2.29. The molecule has 74 heavy (non-hydrogen) atoms. The predicted octanol–water partition coefficient (Wildman–Crippen LogP) is 21.0. The third kappa shape index (κ3) is 8.55. The number of nitrogens with zero attached hydrogens (tertiary/aromatic N) is 2. The minimum Gasteiger partial charge on any atom is -0.310 e. The Bertz CT molecular complexity index is 3850. The van der Waals surface area contributed by atoms with Crippen molar-refractivity contribution in [3.05, 3.63) is 204 Å². The Kier molecular flexibility index (Phi) is 11.4. The molecule has 0 aliphatic heterocycles. The molecule has 0 fully saturated rings. The minimum absolute atomic E-state index is 0.00581. The molecule has 11 aromatic rings. The van der Waals surface area contributed by atoms with Gasteiger partial charge in [-0.3, -0.25) is 0 Å². The standard InChI is InChI=1S/C72H74N2/c1-68(2,3)49-28-33-56(59(42-49)48-38-52(71(10,11)12)41-53(39-48)72(13,14)15)47-20-19-23-55(40-47)73(54-21-17-16-18-22-54)62-34-26-45-25-32-58-63(35-27-46-24-31-57(62)66(45)67(46)58)74-64-36-29-50(69(4,5)6)43-60(64)61-44-51(70(7,8)9)30-37-65(61)74/h16-44H,1-15H3. The van der Waals surface area contributed by atoms with Crippen LogP contribution in [0.15, 0.2) is 176 Å². The quantitative estimate of drug-likeness (QED) is 0.151. The van der Waals surface area contributed by atoms with Crippen molar-refractivity contribution in [2.75, 3.05) is 4.90 Å². The van der Waals surface area contributed by atoms with E-state index in [-0.39, 0.29) is 27.1 Å². The molecule has 1 heterocycles. The van der Waals surface area contributed by atoms with E-state index in [0.717, 1.165) is 17.1 Å². The van der Waals surface area contributed by atoms with Crippen LogP contribution in [0.3, 0.4) is 0 Å². The summed E-state index contributed by atoms with van der Waals surface area (Å²) in [4.78, 5) is 2.48. The van der Waals surface area contributed by atoms with Crippen LogP contribution in [0.25, 0.3) is 82.1 Å². The first-order valence-electron chi connectivity index (χ1n) is 26.9. The molecule has 0 aliphatic rings. The van der Waals surface area contributed by atoms with Crippen molar-refractivity contribution in [2.45, 2.75) is 131 Å². The number of hydrogen-bond acceptors (Lipinski definition) is 1. The molecule has 0 unspecified atom stereocenters. The molecule has 0 amide bonds. The van der Waals surface area contributed by atoms with Crippen LogP contribution in [0, 0.1) is 0 Å². The number of hydrogen-bond donors (Lipinski definition) is 0. The monoisotopic (exact) mass is 967 g/mol. The lowest BCUT2D eigenvalue weighted by atomic mass is 9.77. The SMILES string of the molecule is CC(C)(C)c1cc(-c2cc(C(C)(C)C)ccc2-c2cccc(N(c3ccccc3)c3ccc4ccc5c(-n6c7ccc(C(C)(C)C)cc7c7cc(C(C)(C)C)ccc76)ccc6ccc3c4c65)c2)cc(C(C)(C)C)c1. The van der Waals surface area contributed by atoms with Crippen LogP contribution in [-0.4, -0.2) is 4.57 Å². The largest absolute Gasteiger partial charge is 0.310 e. The van der Waals surface area contributed by atoms with Gasteiger partial charge in [0, 0.05) is 32.9 Å². The van der Waals surface area contributed by atoms with Crippen molar-refractivity contribution in [1.29, 1.82) is 0 Å². The van der Waals surface area contributed by atoms with E-state index in [2.05, 4.69) is 289 Å². The first-order chi connectivity index (χ1) is 34.8. The van der Waals surface area contributed by atoms with Gasteiger partial charge < -0.3 is 9.47 Å². The second-order valence-corrected chi connectivity index (χ2v) is 26.4. The van der Waals surface area contributed by atoms with E-state index in [1.165, 1.54) is 110 Å². The number of fused-ring (bicyclic) bond motifs is 3. The van der Waals surface area contributed by atoms with Gasteiger partial charge in [0.25, 0.3) is 0 Å². The number of rotatable bonds is 6. The highest BCUT2D eigenvalue weighted by Gasteiger charge is 2.27. The normalized spacial score (nSPS) is 13.1. The highest BCUT2D eigenvalue weighted by molar-refractivity contribution is 6.27. The molecular formula is C72H74N2. The van der Waals surface area contributed by atoms with E-state index >= 15 is 0 Å². The predicted molar refractivity (Wildman–Crippen MR) is 324 cm³/mol. The Labute approximate surface area is 441 Å². The van der Waals surface area contributed by atoms with Gasteiger partial charge in [0.15, 0.2) is 0 Å². The Morgan fingerprint density at radius 2 is 0.797 bits per heavy atom. The molecule has 1 aromatic heterocycles. The summed E-state index contributed by atoms with van der Waals surface area (Å²) in [6.45, 7) is 34.9. The van der Waals surface area contributed by atoms with Gasteiger partial charge in [-0.25, -0.2) is 0 Å². The van der Waals surface area contributed by atoms with Crippen LogP contribution in [0.4, 0.5) is 17.1 Å². The summed E-state index contributed by atoms with van der Waals surface area (Å²) in [6, 6.07) is 67.8. The van der Waals surface area contributed by atoms with Crippen LogP contribution in [0.1, 0.15) is 132 Å². The molecule has 0 aliphatic carbocycles. The smallest absolute Gasteiger partial charge is 0.0541 e. The van der Waals surface area contributed by atoms with E-state index in [1.54, 1.807) is 0 Å². The van der Waals surface area contributed by atoms with Gasteiger partial charge in [-0.05, 0) is 159 Å². The summed E-state index contributed by atoms with van der Waals surface area (Å²) in [7, 11) is 0. The molecule has 10 aromatic carbocycles. The van der Waals surface area contributed by atoms with E-state index in [9.17, 15) is 0 Å². The highest BCUT2D eigenvalue weighted by Crippen LogP contribution is 2.48. The third-order valence-electron chi connectivity index (χ3n) is 15.9. The van der Waals surface area contributed by atoms with Gasteiger partial charge >= 0.3 is 0 Å². The molecular weight excluding hydrogens is 893 g/mol. The Morgan fingerprint density at radius 1 is 0.311 bits per heavy atom. The van der Waals surface area contributed by atoms with Crippen molar-refractivity contribution in [1.82, 2.24) is 4.57 Å². The summed E-state index contributed by atoms with van der Waals surface area (Å²) >= 11 is 0. The van der Waals surface area contributed by atoms with Crippen molar-refractivity contribution in [3.8, 4) is 27.9 Å². The first kappa shape index (κ1) is 49.1. The summed E-state index contributed by atoms with van der Waals surface area (Å²) in [5, 5.41) is 10.1. The summed E-state index contributed by atoms with van der Waals surface area (Å²) < 4.78 is 2.53. The van der Waals surface area contributed by atoms with Gasteiger partial charge in [0.1, 0.15) is 0 Å². The molecule has 11 rings (SSSR count). The molecule has 0 atom stereocenters. The molecule has 2 nitrogen and oxygen atoms in total. The summed E-state index contributed by atoms with van der Waals surface area (Å²) in [6.07, 6.45) is 0. The Hall–Kier alpha value is -7.16. The van der Waals surface area contributed by atoms with Crippen LogP contribution in [0.5, 0.6) is 0 Å². The summed E-state index contributed by atoms with van der Waals surface area (Å²) in [5.74, 6) is 0.